The van der Waals surface area contributed by atoms with Crippen LogP contribution in [0.5, 0.6) is 0 Å². The van der Waals surface area contributed by atoms with E-state index in [1.807, 2.05) is 30.3 Å². The summed E-state index contributed by atoms with van der Waals surface area (Å²) in [6.07, 6.45) is 1.66. The van der Waals surface area contributed by atoms with E-state index in [9.17, 15) is 9.18 Å². The van der Waals surface area contributed by atoms with Crippen molar-refractivity contribution in [3.63, 3.8) is 0 Å². The molecule has 164 valence electrons. The van der Waals surface area contributed by atoms with Crippen molar-refractivity contribution < 1.29 is 8.81 Å². The van der Waals surface area contributed by atoms with E-state index >= 15 is 0 Å². The SMILES string of the molecule is CN1CCN(Cc2cc(-c3ccc4occc4c3)nn(Cc3ccc(F)cc3)c2=O)CC1. The molecule has 2 aromatic carbocycles. The summed E-state index contributed by atoms with van der Waals surface area (Å²) < 4.78 is 20.3. The fraction of sp³-hybridized carbons (Fsp3) is 0.280. The Morgan fingerprint density at radius 1 is 0.969 bits per heavy atom. The second-order valence-electron chi connectivity index (χ2n) is 8.40. The molecular formula is C25H25FN4O2. The average molecular weight is 432 g/mol. The molecule has 5 rings (SSSR count). The van der Waals surface area contributed by atoms with Crippen LogP contribution >= 0.6 is 0 Å². The number of halogens is 1. The van der Waals surface area contributed by atoms with Crippen LogP contribution in [0, 0.1) is 5.82 Å². The molecule has 0 spiro atoms. The zero-order valence-electron chi connectivity index (χ0n) is 18.0. The van der Waals surface area contributed by atoms with Crippen LogP contribution in [0.15, 0.2) is 70.1 Å². The lowest BCUT2D eigenvalue weighted by Gasteiger charge is -2.32. The number of likely N-dealkylation sites (N-methyl/N-ethyl adjacent to an activating group) is 1. The second kappa shape index (κ2) is 8.68. The molecule has 1 aliphatic rings. The van der Waals surface area contributed by atoms with Crippen LogP contribution in [0.4, 0.5) is 4.39 Å². The molecule has 1 saturated heterocycles. The minimum atomic E-state index is -0.299. The number of aromatic nitrogens is 2. The van der Waals surface area contributed by atoms with Gasteiger partial charge in [-0.15, -0.1) is 0 Å². The van der Waals surface area contributed by atoms with Crippen molar-refractivity contribution in [2.75, 3.05) is 33.2 Å². The lowest BCUT2D eigenvalue weighted by molar-refractivity contribution is 0.147. The third-order valence-electron chi connectivity index (χ3n) is 6.03. The van der Waals surface area contributed by atoms with Gasteiger partial charge in [0, 0.05) is 49.2 Å². The van der Waals surface area contributed by atoms with Crippen molar-refractivity contribution in [1.29, 1.82) is 0 Å². The number of rotatable bonds is 5. The number of piperazine rings is 1. The Balaban J connectivity index is 1.54. The number of nitrogens with zero attached hydrogens (tertiary/aromatic N) is 4. The van der Waals surface area contributed by atoms with Crippen molar-refractivity contribution in [1.82, 2.24) is 19.6 Å². The van der Waals surface area contributed by atoms with Crippen LogP contribution in [-0.2, 0) is 13.1 Å². The maximum Gasteiger partial charge on any atom is 0.271 e. The predicted molar refractivity (Wildman–Crippen MR) is 122 cm³/mol. The number of furan rings is 1. The maximum absolute atomic E-state index is 13.3. The van der Waals surface area contributed by atoms with E-state index in [0.29, 0.717) is 12.1 Å². The molecule has 0 N–H and O–H groups in total. The maximum atomic E-state index is 13.3. The Bertz CT molecular complexity index is 1290. The summed E-state index contributed by atoms with van der Waals surface area (Å²) in [5, 5.41) is 5.66. The first kappa shape index (κ1) is 20.6. The minimum Gasteiger partial charge on any atom is -0.464 e. The van der Waals surface area contributed by atoms with Crippen LogP contribution in [0.2, 0.25) is 0 Å². The number of fused-ring (bicyclic) bond motifs is 1. The van der Waals surface area contributed by atoms with E-state index < -0.39 is 0 Å². The molecule has 3 heterocycles. The van der Waals surface area contributed by atoms with E-state index in [2.05, 4.69) is 21.9 Å². The molecule has 0 amide bonds. The van der Waals surface area contributed by atoms with E-state index in [-0.39, 0.29) is 17.9 Å². The molecule has 0 unspecified atom stereocenters. The predicted octanol–water partition coefficient (Wildman–Crippen LogP) is 3.59. The molecule has 1 aliphatic heterocycles. The van der Waals surface area contributed by atoms with Gasteiger partial charge in [-0.2, -0.15) is 5.10 Å². The van der Waals surface area contributed by atoms with Gasteiger partial charge < -0.3 is 9.32 Å². The van der Waals surface area contributed by atoms with Gasteiger partial charge in [0.15, 0.2) is 0 Å². The Labute approximate surface area is 185 Å². The summed E-state index contributed by atoms with van der Waals surface area (Å²) >= 11 is 0. The number of benzene rings is 2. The molecule has 0 aliphatic carbocycles. The Hall–Kier alpha value is -3.29. The van der Waals surface area contributed by atoms with Gasteiger partial charge in [0.1, 0.15) is 11.4 Å². The molecule has 4 aromatic rings. The lowest BCUT2D eigenvalue weighted by atomic mass is 10.1. The molecular weight excluding hydrogens is 407 g/mol. The molecule has 7 heteroatoms. The van der Waals surface area contributed by atoms with Gasteiger partial charge in [-0.1, -0.05) is 12.1 Å². The standard InChI is InChI=1S/C25H25FN4O2/c1-28-9-11-29(12-10-28)17-21-15-23(19-4-7-24-20(14-19)8-13-32-24)27-30(25(21)31)16-18-2-5-22(26)6-3-18/h2-8,13-15H,9-12,16-17H2,1H3. The largest absolute Gasteiger partial charge is 0.464 e. The summed E-state index contributed by atoms with van der Waals surface area (Å²) in [6.45, 7) is 4.69. The van der Waals surface area contributed by atoms with Crippen molar-refractivity contribution in [3.8, 4) is 11.3 Å². The molecule has 0 atom stereocenters. The summed E-state index contributed by atoms with van der Waals surface area (Å²) in [7, 11) is 2.11. The first-order valence-electron chi connectivity index (χ1n) is 10.8. The van der Waals surface area contributed by atoms with Gasteiger partial charge >= 0.3 is 0 Å². The fourth-order valence-electron chi connectivity index (χ4n) is 4.09. The van der Waals surface area contributed by atoms with Gasteiger partial charge in [-0.3, -0.25) is 9.69 Å². The monoisotopic (exact) mass is 432 g/mol. The minimum absolute atomic E-state index is 0.110. The zero-order valence-corrected chi connectivity index (χ0v) is 18.0. The molecule has 32 heavy (non-hydrogen) atoms. The molecule has 0 saturated carbocycles. The highest BCUT2D eigenvalue weighted by Crippen LogP contribution is 2.24. The Kier molecular flexibility index (Phi) is 5.59. The third kappa shape index (κ3) is 4.35. The summed E-state index contributed by atoms with van der Waals surface area (Å²) in [4.78, 5) is 17.9. The van der Waals surface area contributed by atoms with Crippen molar-refractivity contribution in [2.45, 2.75) is 13.1 Å². The smallest absolute Gasteiger partial charge is 0.271 e. The lowest BCUT2D eigenvalue weighted by Crippen LogP contribution is -2.45. The molecule has 0 radical (unpaired) electrons. The normalized spacial score (nSPS) is 15.4. The molecule has 6 nitrogen and oxygen atoms in total. The van der Waals surface area contributed by atoms with Crippen LogP contribution in [0.25, 0.3) is 22.2 Å². The number of hydrogen-bond acceptors (Lipinski definition) is 5. The number of hydrogen-bond donors (Lipinski definition) is 0. The first-order valence-corrected chi connectivity index (χ1v) is 10.8. The van der Waals surface area contributed by atoms with Crippen molar-refractivity contribution in [2.24, 2.45) is 0 Å². The van der Waals surface area contributed by atoms with Crippen LogP contribution in [0.1, 0.15) is 11.1 Å². The summed E-state index contributed by atoms with van der Waals surface area (Å²) in [5.74, 6) is -0.299. The van der Waals surface area contributed by atoms with E-state index in [1.54, 1.807) is 18.4 Å². The first-order chi connectivity index (χ1) is 15.5. The highest BCUT2D eigenvalue weighted by Gasteiger charge is 2.18. The van der Waals surface area contributed by atoms with Gasteiger partial charge in [0.2, 0.25) is 0 Å². The van der Waals surface area contributed by atoms with Gasteiger partial charge in [0.25, 0.3) is 5.56 Å². The van der Waals surface area contributed by atoms with E-state index in [0.717, 1.165) is 54.0 Å². The van der Waals surface area contributed by atoms with Crippen molar-refractivity contribution >= 4 is 11.0 Å². The van der Waals surface area contributed by atoms with Crippen LogP contribution < -0.4 is 5.56 Å². The topological polar surface area (TPSA) is 54.5 Å². The summed E-state index contributed by atoms with van der Waals surface area (Å²) in [6, 6.07) is 15.9. The Morgan fingerprint density at radius 3 is 2.53 bits per heavy atom. The van der Waals surface area contributed by atoms with Crippen LogP contribution in [0.3, 0.4) is 0 Å². The van der Waals surface area contributed by atoms with E-state index in [4.69, 9.17) is 4.42 Å². The Morgan fingerprint density at radius 2 is 1.75 bits per heavy atom. The summed E-state index contributed by atoms with van der Waals surface area (Å²) in [5.41, 5.74) is 3.90. The molecule has 1 fully saturated rings. The van der Waals surface area contributed by atoms with Gasteiger partial charge in [-0.25, -0.2) is 9.07 Å². The third-order valence-corrected chi connectivity index (χ3v) is 6.03. The molecule has 2 aromatic heterocycles. The average Bonchev–Trinajstić information content (AvgIpc) is 3.27. The second-order valence-corrected chi connectivity index (χ2v) is 8.40. The van der Waals surface area contributed by atoms with Gasteiger partial charge in [-0.05, 0) is 55.1 Å². The van der Waals surface area contributed by atoms with Gasteiger partial charge in [0.05, 0.1) is 18.5 Å². The zero-order chi connectivity index (χ0) is 22.1. The fourth-order valence-corrected chi connectivity index (χ4v) is 4.09. The van der Waals surface area contributed by atoms with E-state index in [1.165, 1.54) is 16.8 Å². The van der Waals surface area contributed by atoms with Crippen LogP contribution in [-0.4, -0.2) is 52.8 Å². The highest BCUT2D eigenvalue weighted by atomic mass is 19.1. The quantitative estimate of drug-likeness (QED) is 0.482. The molecule has 0 bridgehead atoms. The van der Waals surface area contributed by atoms with Crippen molar-refractivity contribution in [3.05, 3.63) is 88.2 Å². The highest BCUT2D eigenvalue weighted by molar-refractivity contribution is 5.82.